The van der Waals surface area contributed by atoms with E-state index in [1.54, 1.807) is 0 Å². The first-order chi connectivity index (χ1) is 6.17. The number of aromatic nitrogens is 1. The molecule has 3 nitrogen and oxygen atoms in total. The van der Waals surface area contributed by atoms with Gasteiger partial charge in [-0.05, 0) is 0 Å². The fraction of sp³-hybridized carbons (Fsp3) is 0.250. The summed E-state index contributed by atoms with van der Waals surface area (Å²) >= 11 is 3.58. The predicted octanol–water partition coefficient (Wildman–Crippen LogP) is 1.63. The molecule has 1 heterocycles. The van der Waals surface area contributed by atoms with Crippen molar-refractivity contribution in [2.75, 3.05) is 7.11 Å². The summed E-state index contributed by atoms with van der Waals surface area (Å²) in [6.45, 7) is -0.731. The van der Waals surface area contributed by atoms with Crippen LogP contribution in [0.15, 0.2) is 12.1 Å². The number of pyridine rings is 1. The maximum atomic E-state index is 12.2. The van der Waals surface area contributed by atoms with Crippen LogP contribution in [0, 0.1) is 0 Å². The molecule has 0 saturated heterocycles. The Morgan fingerprint density at radius 2 is 2.38 bits per heavy atom. The van der Waals surface area contributed by atoms with Crippen molar-refractivity contribution in [3.63, 3.8) is 0 Å². The molecule has 1 rings (SSSR count). The van der Waals surface area contributed by atoms with E-state index in [1.165, 1.54) is 19.2 Å². The minimum Gasteiger partial charge on any atom is -0.497 e. The van der Waals surface area contributed by atoms with E-state index >= 15 is 0 Å². The Hall–Kier alpha value is -1.10. The maximum Gasteiger partial charge on any atom is 0.234 e. The van der Waals surface area contributed by atoms with Crippen molar-refractivity contribution in [3.05, 3.63) is 23.5 Å². The van der Waals surface area contributed by atoms with Gasteiger partial charge in [-0.15, -0.1) is 0 Å². The van der Waals surface area contributed by atoms with Gasteiger partial charge in [0, 0.05) is 12.1 Å². The van der Waals surface area contributed by atoms with Gasteiger partial charge in [-0.3, -0.25) is 4.79 Å². The zero-order chi connectivity index (χ0) is 9.84. The van der Waals surface area contributed by atoms with E-state index in [0.29, 0.717) is 5.75 Å². The van der Waals surface area contributed by atoms with Crippen LogP contribution in [-0.4, -0.2) is 17.2 Å². The zero-order valence-electron chi connectivity index (χ0n) is 6.95. The third kappa shape index (κ3) is 2.42. The minimum atomic E-state index is -0.731. The van der Waals surface area contributed by atoms with E-state index in [2.05, 4.69) is 17.6 Å². The van der Waals surface area contributed by atoms with Crippen molar-refractivity contribution in [2.24, 2.45) is 0 Å². The zero-order valence-corrected chi connectivity index (χ0v) is 7.85. The Morgan fingerprint density at radius 1 is 1.69 bits per heavy atom. The summed E-state index contributed by atoms with van der Waals surface area (Å²) in [6.07, 6.45) is 0. The van der Waals surface area contributed by atoms with Gasteiger partial charge in [0.05, 0.1) is 12.8 Å². The number of methoxy groups -OCH3 is 1. The van der Waals surface area contributed by atoms with Crippen molar-refractivity contribution in [1.82, 2.24) is 4.98 Å². The molecule has 0 spiro atoms. The third-order valence-corrected chi connectivity index (χ3v) is 1.67. The lowest BCUT2D eigenvalue weighted by molar-refractivity contribution is 0.108. The summed E-state index contributed by atoms with van der Waals surface area (Å²) in [5.74, 6) is 0.403. The lowest BCUT2D eigenvalue weighted by atomic mass is 10.3. The lowest BCUT2D eigenvalue weighted by Gasteiger charge is -2.03. The highest BCUT2D eigenvalue weighted by Gasteiger charge is 2.07. The molecule has 0 aliphatic carbocycles. The molecule has 13 heavy (non-hydrogen) atoms. The molecule has 0 N–H and O–H groups in total. The number of carbonyl (C=O) groups is 1. The average molecular weight is 201 g/mol. The normalized spacial score (nSPS) is 9.77. The molecular weight excluding hydrogens is 193 g/mol. The number of rotatable bonds is 3. The van der Waals surface area contributed by atoms with Crippen LogP contribution in [0.2, 0.25) is 0 Å². The summed E-state index contributed by atoms with van der Waals surface area (Å²) in [6, 6.07) is 2.84. The quantitative estimate of drug-likeness (QED) is 0.755. The van der Waals surface area contributed by atoms with E-state index in [0.717, 1.165) is 0 Å². The maximum absolute atomic E-state index is 12.2. The minimum absolute atomic E-state index is 0.0929. The highest BCUT2D eigenvalue weighted by molar-refractivity contribution is 7.97. The average Bonchev–Trinajstić information content (AvgIpc) is 2.16. The molecule has 0 atom stereocenters. The summed E-state index contributed by atoms with van der Waals surface area (Å²) in [4.78, 5) is 14.5. The van der Waals surface area contributed by atoms with Gasteiger partial charge in [-0.2, -0.15) is 0 Å². The van der Waals surface area contributed by atoms with Gasteiger partial charge in [-0.25, -0.2) is 9.37 Å². The lowest BCUT2D eigenvalue weighted by Crippen LogP contribution is -1.99. The molecule has 0 aliphatic heterocycles. The van der Waals surface area contributed by atoms with Crippen LogP contribution in [0.4, 0.5) is 4.39 Å². The molecule has 0 aromatic carbocycles. The molecular formula is C8H8FNO2S. The second-order valence-electron chi connectivity index (χ2n) is 2.32. The van der Waals surface area contributed by atoms with Crippen LogP contribution < -0.4 is 4.74 Å². The molecule has 0 radical (unpaired) electrons. The smallest absolute Gasteiger partial charge is 0.234 e. The molecule has 70 valence electrons. The summed E-state index contributed by atoms with van der Waals surface area (Å²) in [5.41, 5.74) is 0.257. The van der Waals surface area contributed by atoms with Gasteiger partial charge in [0.15, 0.2) is 0 Å². The summed E-state index contributed by atoms with van der Waals surface area (Å²) in [5, 5.41) is -0.506. The Kier molecular flexibility index (Phi) is 3.25. The summed E-state index contributed by atoms with van der Waals surface area (Å²) < 4.78 is 17.1. The van der Waals surface area contributed by atoms with E-state index in [1.807, 2.05) is 0 Å². The molecule has 1 aromatic rings. The molecule has 0 amide bonds. The largest absolute Gasteiger partial charge is 0.497 e. The number of halogens is 1. The first kappa shape index (κ1) is 9.98. The van der Waals surface area contributed by atoms with Gasteiger partial charge in [-0.1, -0.05) is 12.6 Å². The number of thiol groups is 1. The van der Waals surface area contributed by atoms with Gasteiger partial charge in [0.1, 0.15) is 18.1 Å². The SMILES string of the molecule is COc1cc(CF)nc(C(=O)S)c1. The van der Waals surface area contributed by atoms with Gasteiger partial charge in [0.2, 0.25) is 5.12 Å². The van der Waals surface area contributed by atoms with Crippen molar-refractivity contribution in [2.45, 2.75) is 6.67 Å². The summed E-state index contributed by atoms with van der Waals surface area (Å²) in [7, 11) is 1.43. The van der Waals surface area contributed by atoms with E-state index in [4.69, 9.17) is 4.74 Å². The Balaban J connectivity index is 3.14. The Bertz CT molecular complexity index is 308. The fourth-order valence-electron chi connectivity index (χ4n) is 0.856. The van der Waals surface area contributed by atoms with Crippen molar-refractivity contribution < 1.29 is 13.9 Å². The predicted molar refractivity (Wildman–Crippen MR) is 48.9 cm³/mol. The monoisotopic (exact) mass is 201 g/mol. The molecule has 0 saturated carbocycles. The second-order valence-corrected chi connectivity index (χ2v) is 2.73. The molecule has 5 heteroatoms. The molecule has 0 fully saturated rings. The first-order valence-electron chi connectivity index (χ1n) is 3.51. The molecule has 0 bridgehead atoms. The van der Waals surface area contributed by atoms with Crippen LogP contribution in [-0.2, 0) is 6.67 Å². The third-order valence-electron chi connectivity index (χ3n) is 1.44. The molecule has 0 aliphatic rings. The van der Waals surface area contributed by atoms with Crippen LogP contribution in [0.3, 0.4) is 0 Å². The molecule has 0 unspecified atom stereocenters. The first-order valence-corrected chi connectivity index (χ1v) is 3.96. The van der Waals surface area contributed by atoms with Crippen molar-refractivity contribution in [1.29, 1.82) is 0 Å². The second kappa shape index (κ2) is 4.23. The van der Waals surface area contributed by atoms with Gasteiger partial charge < -0.3 is 4.74 Å². The number of nitrogens with zero attached hydrogens (tertiary/aromatic N) is 1. The number of ether oxygens (including phenoxy) is 1. The number of hydrogen-bond acceptors (Lipinski definition) is 3. The van der Waals surface area contributed by atoms with Crippen LogP contribution in [0.1, 0.15) is 16.2 Å². The number of carbonyl (C=O) groups excluding carboxylic acids is 1. The standard InChI is InChI=1S/C8H8FNO2S/c1-12-6-2-5(4-9)10-7(3-6)8(11)13/h2-3H,4H2,1H3,(H,11,13). The van der Waals surface area contributed by atoms with Crippen molar-refractivity contribution in [3.8, 4) is 5.75 Å². The van der Waals surface area contributed by atoms with Gasteiger partial charge >= 0.3 is 0 Å². The fourth-order valence-corrected chi connectivity index (χ4v) is 0.970. The number of alkyl halides is 1. The van der Waals surface area contributed by atoms with Crippen LogP contribution >= 0.6 is 12.6 Å². The Morgan fingerprint density at radius 3 is 2.85 bits per heavy atom. The molecule has 1 aromatic heterocycles. The van der Waals surface area contributed by atoms with E-state index in [9.17, 15) is 9.18 Å². The van der Waals surface area contributed by atoms with E-state index < -0.39 is 11.8 Å². The van der Waals surface area contributed by atoms with Crippen LogP contribution in [0.25, 0.3) is 0 Å². The van der Waals surface area contributed by atoms with Crippen molar-refractivity contribution >= 4 is 17.7 Å². The van der Waals surface area contributed by atoms with Crippen LogP contribution in [0.5, 0.6) is 5.75 Å². The number of hydrogen-bond donors (Lipinski definition) is 1. The van der Waals surface area contributed by atoms with E-state index in [-0.39, 0.29) is 11.4 Å². The topological polar surface area (TPSA) is 39.2 Å². The highest BCUT2D eigenvalue weighted by atomic mass is 32.1. The Labute approximate surface area is 80.3 Å². The highest BCUT2D eigenvalue weighted by Crippen LogP contribution is 2.15. The van der Waals surface area contributed by atoms with Gasteiger partial charge in [0.25, 0.3) is 0 Å².